The standard InChI is InChI=1S/C39H46Cl3N5O4/c1-8-38(4,5)26-16-17-32(29(21-26)39(6,7)9-2)51-47(24(3)48)28-15-13-14-25(20-28)36(49)43-35-34(45-18-11-10-12-19-45)37(50)46(44-35)33-30(41)22-27(40)23-31(33)42/h13-17,20-23,34H,8-12,18-19H2,1-7H3,(H,43,44,49). The summed E-state index contributed by atoms with van der Waals surface area (Å²) < 4.78 is 0. The zero-order valence-electron chi connectivity index (χ0n) is 30.3. The van der Waals surface area contributed by atoms with Gasteiger partial charge in [-0.2, -0.15) is 5.01 Å². The molecule has 0 spiro atoms. The summed E-state index contributed by atoms with van der Waals surface area (Å²) in [5.41, 5.74) is 2.70. The lowest BCUT2D eigenvalue weighted by Gasteiger charge is -2.32. The number of piperidine rings is 1. The number of benzene rings is 3. The Hall–Kier alpha value is -3.63. The van der Waals surface area contributed by atoms with Crippen molar-refractivity contribution in [2.45, 2.75) is 97.4 Å². The van der Waals surface area contributed by atoms with Crippen LogP contribution in [0.5, 0.6) is 5.75 Å². The summed E-state index contributed by atoms with van der Waals surface area (Å²) in [5.74, 6) is -0.551. The van der Waals surface area contributed by atoms with Gasteiger partial charge >= 0.3 is 0 Å². The van der Waals surface area contributed by atoms with E-state index in [1.165, 1.54) is 29.7 Å². The maximum Gasteiger partial charge on any atom is 0.272 e. The van der Waals surface area contributed by atoms with Crippen molar-refractivity contribution in [2.75, 3.05) is 23.2 Å². The molecule has 1 saturated heterocycles. The van der Waals surface area contributed by atoms with Crippen molar-refractivity contribution in [1.82, 2.24) is 10.2 Å². The third kappa shape index (κ3) is 8.22. The van der Waals surface area contributed by atoms with Crippen molar-refractivity contribution in [3.8, 4) is 5.75 Å². The number of carbonyl (C=O) groups is 3. The molecule has 2 aliphatic rings. The zero-order valence-corrected chi connectivity index (χ0v) is 32.5. The fourth-order valence-electron chi connectivity index (χ4n) is 6.25. The monoisotopic (exact) mass is 753 g/mol. The number of rotatable bonds is 10. The van der Waals surface area contributed by atoms with Crippen LogP contribution in [0.25, 0.3) is 0 Å². The Balaban J connectivity index is 1.47. The van der Waals surface area contributed by atoms with Crippen LogP contribution in [-0.2, 0) is 20.4 Å². The average molecular weight is 755 g/mol. The summed E-state index contributed by atoms with van der Waals surface area (Å²) in [4.78, 5) is 49.3. The van der Waals surface area contributed by atoms with Gasteiger partial charge in [0.2, 0.25) is 0 Å². The number of halogens is 3. The summed E-state index contributed by atoms with van der Waals surface area (Å²) in [6.07, 6.45) is 4.69. The average Bonchev–Trinajstić information content (AvgIpc) is 3.41. The maximum atomic E-state index is 13.9. The van der Waals surface area contributed by atoms with Gasteiger partial charge in [0.15, 0.2) is 17.6 Å². The van der Waals surface area contributed by atoms with Crippen molar-refractivity contribution in [1.29, 1.82) is 0 Å². The number of anilines is 2. The lowest BCUT2D eigenvalue weighted by atomic mass is 9.76. The van der Waals surface area contributed by atoms with Crippen LogP contribution < -0.4 is 20.2 Å². The van der Waals surface area contributed by atoms with E-state index in [9.17, 15) is 14.4 Å². The predicted molar refractivity (Wildman–Crippen MR) is 206 cm³/mol. The molecule has 3 aromatic rings. The molecule has 0 bridgehead atoms. The molecule has 5 rings (SSSR count). The lowest BCUT2D eigenvalue weighted by molar-refractivity contribution is -0.121. The Bertz CT molecular complexity index is 1830. The topological polar surface area (TPSA) is 94.5 Å². The van der Waals surface area contributed by atoms with E-state index in [2.05, 4.69) is 58.0 Å². The van der Waals surface area contributed by atoms with E-state index in [1.54, 1.807) is 24.3 Å². The smallest absolute Gasteiger partial charge is 0.272 e. The molecule has 12 heteroatoms. The molecular weight excluding hydrogens is 709 g/mol. The number of carbonyl (C=O) groups excluding carboxylic acids is 3. The molecule has 3 aromatic carbocycles. The van der Waals surface area contributed by atoms with Crippen molar-refractivity contribution in [3.05, 3.63) is 86.4 Å². The van der Waals surface area contributed by atoms with Gasteiger partial charge in [0, 0.05) is 23.1 Å². The summed E-state index contributed by atoms with van der Waals surface area (Å²) in [6.45, 7) is 15.8. The molecule has 9 nitrogen and oxygen atoms in total. The number of nitrogens with zero attached hydrogens (tertiary/aromatic N) is 4. The van der Waals surface area contributed by atoms with Gasteiger partial charge in [-0.05, 0) is 91.6 Å². The van der Waals surface area contributed by atoms with Crippen molar-refractivity contribution in [3.63, 3.8) is 0 Å². The van der Waals surface area contributed by atoms with Gasteiger partial charge < -0.3 is 10.2 Å². The molecule has 3 amide bonds. The van der Waals surface area contributed by atoms with Crippen LogP contribution in [0, 0.1) is 0 Å². The van der Waals surface area contributed by atoms with Crippen molar-refractivity contribution < 1.29 is 19.2 Å². The molecule has 0 saturated carbocycles. The van der Waals surface area contributed by atoms with Crippen LogP contribution >= 0.6 is 34.8 Å². The van der Waals surface area contributed by atoms with Gasteiger partial charge in [0.25, 0.3) is 17.7 Å². The predicted octanol–water partition coefficient (Wildman–Crippen LogP) is 9.31. The molecule has 51 heavy (non-hydrogen) atoms. The van der Waals surface area contributed by atoms with Gasteiger partial charge in [-0.25, -0.2) is 0 Å². The van der Waals surface area contributed by atoms with Crippen LogP contribution in [0.1, 0.15) is 102 Å². The summed E-state index contributed by atoms with van der Waals surface area (Å²) in [6, 6.07) is 14.9. The Labute approximate surface area is 315 Å². The van der Waals surface area contributed by atoms with Gasteiger partial charge in [-0.3, -0.25) is 19.3 Å². The minimum atomic E-state index is -0.849. The second kappa shape index (κ2) is 15.5. The molecule has 0 aliphatic carbocycles. The molecule has 1 unspecified atom stereocenters. The third-order valence-corrected chi connectivity index (χ3v) is 11.0. The van der Waals surface area contributed by atoms with E-state index in [-0.39, 0.29) is 49.8 Å². The van der Waals surface area contributed by atoms with Crippen LogP contribution in [0.4, 0.5) is 11.4 Å². The lowest BCUT2D eigenvalue weighted by Crippen LogP contribution is -2.53. The molecule has 2 aliphatic heterocycles. The Kier molecular flexibility index (Phi) is 11.8. The number of hydrogen-bond acceptors (Lipinski definition) is 6. The second-order valence-electron chi connectivity index (χ2n) is 14.4. The number of amides is 3. The number of hydroxylamine groups is 1. The Morgan fingerprint density at radius 1 is 0.922 bits per heavy atom. The first-order chi connectivity index (χ1) is 24.1. The highest BCUT2D eigenvalue weighted by molar-refractivity contribution is 6.43. The summed E-state index contributed by atoms with van der Waals surface area (Å²) in [7, 11) is 0. The Morgan fingerprint density at radius 3 is 2.18 bits per heavy atom. The third-order valence-electron chi connectivity index (χ3n) is 10.2. The minimum absolute atomic E-state index is 0.0370. The molecule has 1 N–H and O–H groups in total. The summed E-state index contributed by atoms with van der Waals surface area (Å²) in [5, 5.41) is 10.4. The highest BCUT2D eigenvalue weighted by Crippen LogP contribution is 2.41. The van der Waals surface area contributed by atoms with Crippen LogP contribution in [-0.4, -0.2) is 47.6 Å². The SMILES string of the molecule is CCC(C)(C)c1ccc(ON(C(C)=O)c2cccc(C(=O)NC3=NN(c4c(Cl)cc(Cl)cc4Cl)C(=O)C3N3CCCCC3)c2)c(C(C)(C)CC)c1. The minimum Gasteiger partial charge on any atom is -0.372 e. The fraction of sp³-hybridized carbons (Fsp3) is 0.436. The highest BCUT2D eigenvalue weighted by atomic mass is 35.5. The first-order valence-corrected chi connectivity index (χ1v) is 18.6. The number of likely N-dealkylation sites (tertiary alicyclic amines) is 1. The molecule has 0 aromatic heterocycles. The number of amidine groups is 1. The summed E-state index contributed by atoms with van der Waals surface area (Å²) >= 11 is 19.1. The quantitative estimate of drug-likeness (QED) is 0.208. The Morgan fingerprint density at radius 2 is 1.57 bits per heavy atom. The van der Waals surface area contributed by atoms with E-state index in [1.807, 2.05) is 17.0 Å². The van der Waals surface area contributed by atoms with E-state index in [0.29, 0.717) is 29.5 Å². The first-order valence-electron chi connectivity index (χ1n) is 17.4. The number of hydrazone groups is 1. The van der Waals surface area contributed by atoms with Crippen LogP contribution in [0.3, 0.4) is 0 Å². The molecule has 1 atom stereocenters. The van der Waals surface area contributed by atoms with Crippen LogP contribution in [0.15, 0.2) is 59.7 Å². The zero-order chi connectivity index (χ0) is 37.2. The van der Waals surface area contributed by atoms with Crippen LogP contribution in [0.2, 0.25) is 15.1 Å². The highest BCUT2D eigenvalue weighted by Gasteiger charge is 2.43. The molecule has 1 fully saturated rings. The second-order valence-corrected chi connectivity index (χ2v) is 15.7. The van der Waals surface area contributed by atoms with Crippen molar-refractivity contribution in [2.24, 2.45) is 5.10 Å². The van der Waals surface area contributed by atoms with Gasteiger partial charge in [-0.1, -0.05) is 101 Å². The van der Waals surface area contributed by atoms with E-state index in [0.717, 1.165) is 42.7 Å². The largest absolute Gasteiger partial charge is 0.372 e. The molecule has 0 radical (unpaired) electrons. The van der Waals surface area contributed by atoms with E-state index >= 15 is 0 Å². The maximum absolute atomic E-state index is 13.9. The van der Waals surface area contributed by atoms with Gasteiger partial charge in [0.1, 0.15) is 5.69 Å². The molecule has 272 valence electrons. The van der Waals surface area contributed by atoms with E-state index in [4.69, 9.17) is 39.6 Å². The fourth-order valence-corrected chi connectivity index (χ4v) is 7.23. The van der Waals surface area contributed by atoms with Gasteiger partial charge in [0.05, 0.1) is 15.7 Å². The van der Waals surface area contributed by atoms with E-state index < -0.39 is 11.9 Å². The molecule has 2 heterocycles. The molecular formula is C39H46Cl3N5O4. The van der Waals surface area contributed by atoms with Gasteiger partial charge in [-0.15, -0.1) is 10.2 Å². The number of hydrogen-bond donors (Lipinski definition) is 1. The normalized spacial score (nSPS) is 17.0. The first kappa shape index (κ1) is 38.6. The number of nitrogens with one attached hydrogen (secondary N) is 1. The van der Waals surface area contributed by atoms with Crippen molar-refractivity contribution >= 4 is 69.7 Å².